The summed E-state index contributed by atoms with van der Waals surface area (Å²) in [6, 6.07) is 5.66. The summed E-state index contributed by atoms with van der Waals surface area (Å²) in [4.78, 5) is 2.79. The molecule has 0 bridgehead atoms. The summed E-state index contributed by atoms with van der Waals surface area (Å²) in [5.74, 6) is 1.54. The number of aryl methyl sites for hydroxylation is 1. The molecule has 1 heterocycles. The highest BCUT2D eigenvalue weighted by molar-refractivity contribution is 7.89. The van der Waals surface area contributed by atoms with Gasteiger partial charge in [0.15, 0.2) is 0 Å². The third-order valence-corrected chi connectivity index (χ3v) is 7.05. The lowest BCUT2D eigenvalue weighted by Gasteiger charge is -2.37. The molecule has 1 aromatic carbocycles. The van der Waals surface area contributed by atoms with E-state index in [0.717, 1.165) is 24.6 Å². The second-order valence-corrected chi connectivity index (χ2v) is 8.59. The molecule has 1 aliphatic carbocycles. The van der Waals surface area contributed by atoms with Crippen molar-refractivity contribution in [2.45, 2.75) is 37.6 Å². The van der Waals surface area contributed by atoms with Gasteiger partial charge in [0.25, 0.3) is 0 Å². The number of rotatable bonds is 5. The number of nitrogens with zero attached hydrogens (tertiary/aromatic N) is 2. The summed E-state index contributed by atoms with van der Waals surface area (Å²) >= 11 is 0. The molecule has 2 aliphatic rings. The molecule has 1 aromatic rings. The van der Waals surface area contributed by atoms with Gasteiger partial charge in [-0.2, -0.15) is 4.31 Å². The van der Waals surface area contributed by atoms with E-state index in [-0.39, 0.29) is 0 Å². The Morgan fingerprint density at radius 3 is 2.35 bits per heavy atom. The lowest BCUT2D eigenvalue weighted by Crippen LogP contribution is -2.51. The predicted molar refractivity (Wildman–Crippen MR) is 90.2 cm³/mol. The Balaban J connectivity index is 1.70. The maximum Gasteiger partial charge on any atom is 0.243 e. The van der Waals surface area contributed by atoms with Gasteiger partial charge in [-0.15, -0.1) is 0 Å². The van der Waals surface area contributed by atoms with Gasteiger partial charge in [-0.3, -0.25) is 4.90 Å². The van der Waals surface area contributed by atoms with E-state index in [4.69, 9.17) is 4.74 Å². The van der Waals surface area contributed by atoms with Crippen LogP contribution in [0.5, 0.6) is 5.75 Å². The van der Waals surface area contributed by atoms with Gasteiger partial charge in [-0.05, 0) is 56.4 Å². The van der Waals surface area contributed by atoms with E-state index >= 15 is 0 Å². The van der Waals surface area contributed by atoms with Crippen LogP contribution in [-0.2, 0) is 10.0 Å². The number of benzene rings is 1. The van der Waals surface area contributed by atoms with E-state index in [1.165, 1.54) is 12.8 Å². The van der Waals surface area contributed by atoms with Crippen LogP contribution in [0.1, 0.15) is 25.3 Å². The highest BCUT2D eigenvalue weighted by atomic mass is 32.2. The Bertz CT molecular complexity index is 662. The van der Waals surface area contributed by atoms with Gasteiger partial charge in [0, 0.05) is 32.2 Å². The molecule has 1 aliphatic heterocycles. The maximum atomic E-state index is 12.8. The summed E-state index contributed by atoms with van der Waals surface area (Å²) < 4.78 is 32.5. The summed E-state index contributed by atoms with van der Waals surface area (Å²) in [7, 11) is -1.82. The molecule has 0 amide bonds. The molecule has 1 saturated heterocycles. The zero-order valence-corrected chi connectivity index (χ0v) is 15.0. The Morgan fingerprint density at radius 1 is 1.17 bits per heavy atom. The largest absolute Gasteiger partial charge is 0.496 e. The van der Waals surface area contributed by atoms with Crippen molar-refractivity contribution in [3.8, 4) is 5.75 Å². The molecule has 23 heavy (non-hydrogen) atoms. The first-order chi connectivity index (χ1) is 10.9. The number of hydrogen-bond acceptors (Lipinski definition) is 4. The number of piperazine rings is 1. The number of sulfonamides is 1. The Kier molecular flexibility index (Phi) is 4.67. The Morgan fingerprint density at radius 2 is 1.83 bits per heavy atom. The first-order valence-electron chi connectivity index (χ1n) is 8.32. The van der Waals surface area contributed by atoms with Gasteiger partial charge in [-0.1, -0.05) is 0 Å². The third-order valence-electron chi connectivity index (χ3n) is 5.16. The molecule has 0 spiro atoms. The van der Waals surface area contributed by atoms with Crippen LogP contribution in [0.3, 0.4) is 0 Å². The quantitative estimate of drug-likeness (QED) is 0.825. The molecule has 1 atom stereocenters. The molecule has 0 N–H and O–H groups in total. The van der Waals surface area contributed by atoms with Gasteiger partial charge in [0.2, 0.25) is 10.0 Å². The lowest BCUT2D eigenvalue weighted by molar-refractivity contribution is 0.133. The molecule has 0 aromatic heterocycles. The molecule has 2 fully saturated rings. The first kappa shape index (κ1) is 16.7. The van der Waals surface area contributed by atoms with Crippen molar-refractivity contribution in [2.24, 2.45) is 5.92 Å². The summed E-state index contributed by atoms with van der Waals surface area (Å²) in [5.41, 5.74) is 0.842. The molecule has 0 radical (unpaired) electrons. The van der Waals surface area contributed by atoms with Crippen molar-refractivity contribution in [2.75, 3.05) is 33.3 Å². The molecular weight excluding hydrogens is 312 g/mol. The van der Waals surface area contributed by atoms with Gasteiger partial charge in [-0.25, -0.2) is 8.42 Å². The van der Waals surface area contributed by atoms with Crippen LogP contribution in [0.15, 0.2) is 23.1 Å². The lowest BCUT2D eigenvalue weighted by atomic mass is 10.1. The van der Waals surface area contributed by atoms with Gasteiger partial charge < -0.3 is 4.74 Å². The zero-order chi connectivity index (χ0) is 16.6. The van der Waals surface area contributed by atoms with Gasteiger partial charge >= 0.3 is 0 Å². The number of ether oxygens (including phenoxy) is 1. The third kappa shape index (κ3) is 3.39. The van der Waals surface area contributed by atoms with Gasteiger partial charge in [0.1, 0.15) is 5.75 Å². The van der Waals surface area contributed by atoms with E-state index in [1.54, 1.807) is 29.6 Å². The summed E-state index contributed by atoms with van der Waals surface area (Å²) in [5, 5.41) is 0. The molecule has 5 nitrogen and oxygen atoms in total. The second-order valence-electron chi connectivity index (χ2n) is 6.65. The summed E-state index contributed by atoms with van der Waals surface area (Å²) in [6.07, 6.45) is 2.65. The van der Waals surface area contributed by atoms with E-state index < -0.39 is 10.0 Å². The Hall–Kier alpha value is -1.11. The van der Waals surface area contributed by atoms with Crippen LogP contribution in [0.2, 0.25) is 0 Å². The minimum Gasteiger partial charge on any atom is -0.496 e. The normalized spacial score (nSPS) is 22.0. The molecule has 1 saturated carbocycles. The van der Waals surface area contributed by atoms with Crippen LogP contribution in [0, 0.1) is 12.8 Å². The van der Waals surface area contributed by atoms with Crippen molar-refractivity contribution in [3.05, 3.63) is 23.8 Å². The van der Waals surface area contributed by atoms with Crippen molar-refractivity contribution in [1.82, 2.24) is 9.21 Å². The van der Waals surface area contributed by atoms with E-state index in [1.807, 2.05) is 6.92 Å². The minimum atomic E-state index is -3.41. The van der Waals surface area contributed by atoms with Crippen LogP contribution in [-0.4, -0.2) is 57.0 Å². The van der Waals surface area contributed by atoms with E-state index in [2.05, 4.69) is 11.8 Å². The fourth-order valence-electron chi connectivity index (χ4n) is 3.39. The van der Waals surface area contributed by atoms with Crippen LogP contribution in [0.4, 0.5) is 0 Å². The standard InChI is InChI=1S/C17H26N2O3S/c1-13-12-16(6-7-17(13)22-3)23(20,21)19-10-8-18(9-11-19)14(2)15-4-5-15/h6-7,12,14-15H,4-5,8-11H2,1-3H3. The summed E-state index contributed by atoms with van der Waals surface area (Å²) in [6.45, 7) is 6.94. The second kappa shape index (κ2) is 6.42. The predicted octanol–water partition coefficient (Wildman–Crippen LogP) is 2.11. The highest BCUT2D eigenvalue weighted by Crippen LogP contribution is 2.35. The molecule has 128 valence electrons. The van der Waals surface area contributed by atoms with Crippen LogP contribution < -0.4 is 4.74 Å². The monoisotopic (exact) mass is 338 g/mol. The molecular formula is C17H26N2O3S. The average molecular weight is 338 g/mol. The highest BCUT2D eigenvalue weighted by Gasteiger charge is 2.35. The van der Waals surface area contributed by atoms with Crippen LogP contribution >= 0.6 is 0 Å². The van der Waals surface area contributed by atoms with E-state index in [9.17, 15) is 8.42 Å². The molecule has 3 rings (SSSR count). The molecule has 1 unspecified atom stereocenters. The smallest absolute Gasteiger partial charge is 0.243 e. The topological polar surface area (TPSA) is 49.9 Å². The minimum absolute atomic E-state index is 0.361. The zero-order valence-electron chi connectivity index (χ0n) is 14.2. The first-order valence-corrected chi connectivity index (χ1v) is 9.76. The van der Waals surface area contributed by atoms with Crippen LogP contribution in [0.25, 0.3) is 0 Å². The average Bonchev–Trinajstić information content (AvgIpc) is 3.39. The van der Waals surface area contributed by atoms with E-state index in [0.29, 0.717) is 29.8 Å². The fraction of sp³-hybridized carbons (Fsp3) is 0.647. The number of methoxy groups -OCH3 is 1. The van der Waals surface area contributed by atoms with Crippen molar-refractivity contribution in [1.29, 1.82) is 0 Å². The maximum absolute atomic E-state index is 12.8. The van der Waals surface area contributed by atoms with Crippen molar-refractivity contribution in [3.63, 3.8) is 0 Å². The van der Waals surface area contributed by atoms with Gasteiger partial charge in [0.05, 0.1) is 12.0 Å². The van der Waals surface area contributed by atoms with Crippen molar-refractivity contribution >= 4 is 10.0 Å². The Labute approximate surface area is 139 Å². The SMILES string of the molecule is COc1ccc(S(=O)(=O)N2CCN(C(C)C3CC3)CC2)cc1C. The van der Waals surface area contributed by atoms with Crippen molar-refractivity contribution < 1.29 is 13.2 Å². The number of hydrogen-bond donors (Lipinski definition) is 0. The molecule has 6 heteroatoms. The fourth-order valence-corrected chi connectivity index (χ4v) is 4.90.